The van der Waals surface area contributed by atoms with Crippen molar-refractivity contribution in [3.63, 3.8) is 0 Å². The van der Waals surface area contributed by atoms with E-state index >= 15 is 0 Å². The minimum atomic E-state index is 0.0463. The van der Waals surface area contributed by atoms with Gasteiger partial charge in [0.05, 0.1) is 0 Å². The van der Waals surface area contributed by atoms with Gasteiger partial charge in [0.15, 0.2) is 0 Å². The molecule has 0 bridgehead atoms. The third-order valence-electron chi connectivity index (χ3n) is 3.07. The Morgan fingerprint density at radius 3 is 2.83 bits per heavy atom. The van der Waals surface area contributed by atoms with Crippen molar-refractivity contribution in [2.24, 2.45) is 0 Å². The van der Waals surface area contributed by atoms with Gasteiger partial charge in [-0.15, -0.1) is 0 Å². The highest BCUT2D eigenvalue weighted by Gasteiger charge is 2.21. The van der Waals surface area contributed by atoms with E-state index in [-0.39, 0.29) is 5.41 Å². The molecule has 2 aromatic heterocycles. The quantitative estimate of drug-likeness (QED) is 0.900. The highest BCUT2D eigenvalue weighted by molar-refractivity contribution is 9.10. The summed E-state index contributed by atoms with van der Waals surface area (Å²) in [5.41, 5.74) is 2.42. The van der Waals surface area contributed by atoms with E-state index in [4.69, 9.17) is 0 Å². The van der Waals surface area contributed by atoms with Gasteiger partial charge in [0.25, 0.3) is 0 Å². The van der Waals surface area contributed by atoms with Gasteiger partial charge < -0.3 is 10.3 Å². The molecule has 0 aliphatic carbocycles. The molecule has 4 heteroatoms. The Morgan fingerprint density at radius 2 is 2.22 bits per heavy atom. The van der Waals surface area contributed by atoms with Crippen LogP contribution in [0.5, 0.6) is 0 Å². The minimum Gasteiger partial charge on any atom is -0.369 e. The Hall–Kier alpha value is -1.29. The first-order valence-corrected chi connectivity index (χ1v) is 6.78. The van der Waals surface area contributed by atoms with Gasteiger partial charge in [0.2, 0.25) is 0 Å². The van der Waals surface area contributed by atoms with Crippen LogP contribution in [0.15, 0.2) is 35.1 Å². The molecule has 0 aliphatic heterocycles. The van der Waals surface area contributed by atoms with E-state index in [1.807, 2.05) is 18.5 Å². The van der Waals surface area contributed by atoms with Crippen LogP contribution in [0.3, 0.4) is 0 Å². The summed E-state index contributed by atoms with van der Waals surface area (Å²) < 4.78 is 1.01. The number of rotatable bonds is 4. The lowest BCUT2D eigenvalue weighted by Crippen LogP contribution is -2.28. The standard InChI is InChI=1S/C14H18BrN3/c1-10-7-11(15)8-17-13(10)18-9-14(2,3)12-5-4-6-16-12/h4-8,16H,9H2,1-3H3,(H,17,18). The monoisotopic (exact) mass is 307 g/mol. The van der Waals surface area contributed by atoms with E-state index in [0.29, 0.717) is 0 Å². The molecule has 0 unspecified atom stereocenters. The summed E-state index contributed by atoms with van der Waals surface area (Å²) in [4.78, 5) is 7.66. The number of aromatic nitrogens is 2. The maximum absolute atomic E-state index is 4.39. The van der Waals surface area contributed by atoms with Crippen LogP contribution in [-0.2, 0) is 5.41 Å². The molecule has 96 valence electrons. The van der Waals surface area contributed by atoms with E-state index in [1.165, 1.54) is 5.69 Å². The number of halogens is 1. The summed E-state index contributed by atoms with van der Waals surface area (Å²) in [5, 5.41) is 3.42. The second-order valence-corrected chi connectivity index (χ2v) is 6.06. The van der Waals surface area contributed by atoms with Crippen LogP contribution in [-0.4, -0.2) is 16.5 Å². The number of aromatic amines is 1. The Labute approximate surface area is 116 Å². The second kappa shape index (κ2) is 5.14. The summed E-state index contributed by atoms with van der Waals surface area (Å²) in [5.74, 6) is 0.942. The Morgan fingerprint density at radius 1 is 1.44 bits per heavy atom. The van der Waals surface area contributed by atoms with Crippen LogP contribution in [0.1, 0.15) is 25.1 Å². The van der Waals surface area contributed by atoms with Crippen molar-refractivity contribution >= 4 is 21.7 Å². The zero-order valence-corrected chi connectivity index (χ0v) is 12.5. The molecular formula is C14H18BrN3. The van der Waals surface area contributed by atoms with E-state index < -0.39 is 0 Å². The first kappa shape index (κ1) is 13.1. The highest BCUT2D eigenvalue weighted by Crippen LogP contribution is 2.23. The van der Waals surface area contributed by atoms with Gasteiger partial charge in [-0.3, -0.25) is 0 Å². The molecule has 2 heterocycles. The predicted octanol–water partition coefficient (Wildman–Crippen LogP) is 3.87. The molecule has 0 saturated carbocycles. The van der Waals surface area contributed by atoms with Crippen LogP contribution >= 0.6 is 15.9 Å². The maximum Gasteiger partial charge on any atom is 0.128 e. The van der Waals surface area contributed by atoms with Gasteiger partial charge in [-0.2, -0.15) is 0 Å². The third kappa shape index (κ3) is 2.93. The lowest BCUT2D eigenvalue weighted by Gasteiger charge is -2.24. The van der Waals surface area contributed by atoms with E-state index in [2.05, 4.69) is 64.1 Å². The van der Waals surface area contributed by atoms with Crippen molar-refractivity contribution in [1.29, 1.82) is 0 Å². The van der Waals surface area contributed by atoms with Gasteiger partial charge in [0, 0.05) is 34.5 Å². The molecule has 0 saturated heterocycles. The van der Waals surface area contributed by atoms with Crippen LogP contribution in [0.25, 0.3) is 0 Å². The Bertz CT molecular complexity index is 518. The number of pyridine rings is 1. The third-order valence-corrected chi connectivity index (χ3v) is 3.50. The topological polar surface area (TPSA) is 40.7 Å². The minimum absolute atomic E-state index is 0.0463. The number of H-pyrrole nitrogens is 1. The van der Waals surface area contributed by atoms with Crippen LogP contribution < -0.4 is 5.32 Å². The number of nitrogens with zero attached hydrogens (tertiary/aromatic N) is 1. The summed E-state index contributed by atoms with van der Waals surface area (Å²) in [6.45, 7) is 7.31. The van der Waals surface area contributed by atoms with Crippen molar-refractivity contribution in [2.45, 2.75) is 26.2 Å². The fraction of sp³-hybridized carbons (Fsp3) is 0.357. The molecule has 18 heavy (non-hydrogen) atoms. The number of hydrogen-bond donors (Lipinski definition) is 2. The zero-order chi connectivity index (χ0) is 13.2. The van der Waals surface area contributed by atoms with E-state index in [1.54, 1.807) is 0 Å². The van der Waals surface area contributed by atoms with E-state index in [9.17, 15) is 0 Å². The maximum atomic E-state index is 4.39. The first-order valence-electron chi connectivity index (χ1n) is 5.99. The van der Waals surface area contributed by atoms with Crippen molar-refractivity contribution in [1.82, 2.24) is 9.97 Å². The zero-order valence-electron chi connectivity index (χ0n) is 10.9. The lowest BCUT2D eigenvalue weighted by atomic mass is 9.89. The number of nitrogens with one attached hydrogen (secondary N) is 2. The van der Waals surface area contributed by atoms with Crippen molar-refractivity contribution in [3.8, 4) is 0 Å². The fourth-order valence-corrected chi connectivity index (χ4v) is 2.32. The van der Waals surface area contributed by atoms with Gasteiger partial charge >= 0.3 is 0 Å². The molecule has 2 N–H and O–H groups in total. The largest absolute Gasteiger partial charge is 0.369 e. The van der Waals surface area contributed by atoms with Gasteiger partial charge in [0.1, 0.15) is 5.82 Å². The van der Waals surface area contributed by atoms with Crippen LogP contribution in [0.4, 0.5) is 5.82 Å². The predicted molar refractivity (Wildman–Crippen MR) is 79.0 cm³/mol. The summed E-state index contributed by atoms with van der Waals surface area (Å²) >= 11 is 3.42. The molecule has 0 amide bonds. The van der Waals surface area contributed by atoms with Gasteiger partial charge in [-0.1, -0.05) is 13.8 Å². The molecule has 3 nitrogen and oxygen atoms in total. The van der Waals surface area contributed by atoms with Crippen molar-refractivity contribution in [3.05, 3.63) is 46.3 Å². The number of hydrogen-bond acceptors (Lipinski definition) is 2. The average molecular weight is 308 g/mol. The van der Waals surface area contributed by atoms with Crippen molar-refractivity contribution < 1.29 is 0 Å². The van der Waals surface area contributed by atoms with Gasteiger partial charge in [-0.05, 0) is 46.6 Å². The molecule has 0 aliphatic rings. The smallest absolute Gasteiger partial charge is 0.128 e. The fourth-order valence-electron chi connectivity index (χ4n) is 1.88. The molecular weight excluding hydrogens is 290 g/mol. The summed E-state index contributed by atoms with van der Waals surface area (Å²) in [7, 11) is 0. The first-order chi connectivity index (χ1) is 8.49. The molecule has 2 aromatic rings. The molecule has 0 spiro atoms. The molecule has 0 radical (unpaired) electrons. The highest BCUT2D eigenvalue weighted by atomic mass is 79.9. The van der Waals surface area contributed by atoms with E-state index in [0.717, 1.165) is 22.4 Å². The lowest BCUT2D eigenvalue weighted by molar-refractivity contribution is 0.541. The normalized spacial score (nSPS) is 11.6. The average Bonchev–Trinajstić information content (AvgIpc) is 2.82. The Balaban J connectivity index is 2.07. The molecule has 0 fully saturated rings. The summed E-state index contributed by atoms with van der Waals surface area (Å²) in [6.07, 6.45) is 3.77. The molecule has 0 aromatic carbocycles. The number of anilines is 1. The van der Waals surface area contributed by atoms with Crippen molar-refractivity contribution in [2.75, 3.05) is 11.9 Å². The molecule has 0 atom stereocenters. The summed E-state index contributed by atoms with van der Waals surface area (Å²) in [6, 6.07) is 6.21. The SMILES string of the molecule is Cc1cc(Br)cnc1NCC(C)(C)c1ccc[nH]1. The van der Waals surface area contributed by atoms with Gasteiger partial charge in [-0.25, -0.2) is 4.98 Å². The Kier molecular flexibility index (Phi) is 3.76. The molecule has 2 rings (SSSR count). The van der Waals surface area contributed by atoms with Crippen LogP contribution in [0.2, 0.25) is 0 Å². The van der Waals surface area contributed by atoms with Crippen LogP contribution in [0, 0.1) is 6.92 Å². The second-order valence-electron chi connectivity index (χ2n) is 5.14. The number of aryl methyl sites for hydroxylation is 1.